The van der Waals surface area contributed by atoms with Crippen LogP contribution in [-0.2, 0) is 7.05 Å². The van der Waals surface area contributed by atoms with Crippen molar-refractivity contribution >= 4 is 0 Å². The Hall–Kier alpha value is -1.72. The van der Waals surface area contributed by atoms with Crippen molar-refractivity contribution in [3.8, 4) is 0 Å². The van der Waals surface area contributed by atoms with Crippen LogP contribution in [0.1, 0.15) is 43.9 Å². The predicted molar refractivity (Wildman–Crippen MR) is 89.6 cm³/mol. The minimum Gasteiger partial charge on any atom is -0.396 e. The Morgan fingerprint density at radius 1 is 1.30 bits per heavy atom. The second-order valence-electron chi connectivity index (χ2n) is 6.18. The van der Waals surface area contributed by atoms with Crippen molar-refractivity contribution in [1.82, 2.24) is 15.1 Å². The lowest BCUT2D eigenvalue weighted by Gasteiger charge is -2.32. The molecule has 0 amide bonds. The first-order valence-corrected chi connectivity index (χ1v) is 8.12. The van der Waals surface area contributed by atoms with E-state index in [2.05, 4.69) is 24.3 Å². The number of hydrogen-bond donors (Lipinski definition) is 2. The molecule has 0 radical (unpaired) electrons. The molecule has 1 unspecified atom stereocenters. The average Bonchev–Trinajstić information content (AvgIpc) is 2.98. The van der Waals surface area contributed by atoms with Gasteiger partial charge in [0.25, 0.3) is 0 Å². The summed E-state index contributed by atoms with van der Waals surface area (Å²) in [6.45, 7) is 4.97. The van der Waals surface area contributed by atoms with Gasteiger partial charge < -0.3 is 10.4 Å². The van der Waals surface area contributed by atoms with Crippen LogP contribution in [-0.4, -0.2) is 28.0 Å². The van der Waals surface area contributed by atoms with E-state index in [-0.39, 0.29) is 23.9 Å². The molecule has 0 aliphatic carbocycles. The summed E-state index contributed by atoms with van der Waals surface area (Å²) in [7, 11) is 1.86. The van der Waals surface area contributed by atoms with Crippen molar-refractivity contribution < 1.29 is 9.50 Å². The van der Waals surface area contributed by atoms with E-state index in [1.54, 1.807) is 23.0 Å². The monoisotopic (exact) mass is 319 g/mol. The highest BCUT2D eigenvalue weighted by atomic mass is 19.1. The normalized spacial score (nSPS) is 13.3. The van der Waals surface area contributed by atoms with E-state index in [1.165, 1.54) is 6.07 Å². The van der Waals surface area contributed by atoms with Crippen LogP contribution < -0.4 is 5.32 Å². The Labute approximate surface area is 137 Å². The summed E-state index contributed by atoms with van der Waals surface area (Å²) in [4.78, 5) is 0. The SMILES string of the molecule is CCC(CC)(CO)CNC(c1cccc(F)c1)c1cnn(C)c1. The maximum absolute atomic E-state index is 13.6. The van der Waals surface area contributed by atoms with Gasteiger partial charge in [0.1, 0.15) is 5.82 Å². The van der Waals surface area contributed by atoms with Gasteiger partial charge in [-0.15, -0.1) is 0 Å². The van der Waals surface area contributed by atoms with Gasteiger partial charge in [-0.05, 0) is 30.5 Å². The lowest BCUT2D eigenvalue weighted by atomic mass is 9.82. The quantitative estimate of drug-likeness (QED) is 0.786. The Balaban J connectivity index is 2.28. The van der Waals surface area contributed by atoms with Gasteiger partial charge in [-0.25, -0.2) is 4.39 Å². The van der Waals surface area contributed by atoms with Gasteiger partial charge >= 0.3 is 0 Å². The number of benzene rings is 1. The molecule has 1 atom stereocenters. The summed E-state index contributed by atoms with van der Waals surface area (Å²) >= 11 is 0. The molecule has 23 heavy (non-hydrogen) atoms. The van der Waals surface area contributed by atoms with Crippen LogP contribution in [0, 0.1) is 11.2 Å². The molecular weight excluding hydrogens is 293 g/mol. The molecular formula is C18H26FN3O. The summed E-state index contributed by atoms with van der Waals surface area (Å²) in [5.41, 5.74) is 1.68. The van der Waals surface area contributed by atoms with Gasteiger partial charge in [-0.2, -0.15) is 5.10 Å². The summed E-state index contributed by atoms with van der Waals surface area (Å²) in [6.07, 6.45) is 5.49. The van der Waals surface area contributed by atoms with E-state index in [1.807, 2.05) is 19.3 Å². The van der Waals surface area contributed by atoms with E-state index in [0.29, 0.717) is 6.54 Å². The first-order valence-electron chi connectivity index (χ1n) is 8.12. The van der Waals surface area contributed by atoms with E-state index in [4.69, 9.17) is 0 Å². The number of rotatable bonds is 8. The molecule has 0 aliphatic rings. The number of aryl methyl sites for hydroxylation is 1. The second-order valence-corrected chi connectivity index (χ2v) is 6.18. The second kappa shape index (κ2) is 7.70. The summed E-state index contributed by atoms with van der Waals surface area (Å²) < 4.78 is 15.4. The molecule has 1 aromatic heterocycles. The van der Waals surface area contributed by atoms with Gasteiger partial charge in [0.15, 0.2) is 0 Å². The zero-order chi connectivity index (χ0) is 16.9. The average molecular weight is 319 g/mol. The van der Waals surface area contributed by atoms with Crippen LogP contribution in [0.15, 0.2) is 36.7 Å². The Kier molecular flexibility index (Phi) is 5.91. The fourth-order valence-corrected chi connectivity index (χ4v) is 2.80. The molecule has 0 saturated carbocycles. The smallest absolute Gasteiger partial charge is 0.123 e. The van der Waals surface area contributed by atoms with Crippen molar-refractivity contribution in [2.75, 3.05) is 13.2 Å². The molecule has 4 nitrogen and oxygen atoms in total. The van der Waals surface area contributed by atoms with Crippen LogP contribution in [0.5, 0.6) is 0 Å². The minimum absolute atomic E-state index is 0.135. The lowest BCUT2D eigenvalue weighted by Crippen LogP contribution is -2.38. The first kappa shape index (κ1) is 17.6. The van der Waals surface area contributed by atoms with Crippen LogP contribution in [0.3, 0.4) is 0 Å². The van der Waals surface area contributed by atoms with Gasteiger partial charge in [0.2, 0.25) is 0 Å². The van der Waals surface area contributed by atoms with Gasteiger partial charge in [-0.3, -0.25) is 4.68 Å². The molecule has 2 aromatic rings. The predicted octanol–water partition coefficient (Wildman–Crippen LogP) is 3.04. The van der Waals surface area contributed by atoms with Crippen LogP contribution in [0.2, 0.25) is 0 Å². The number of aromatic nitrogens is 2. The van der Waals surface area contributed by atoms with Crippen LogP contribution in [0.4, 0.5) is 4.39 Å². The number of nitrogens with one attached hydrogen (secondary N) is 1. The maximum atomic E-state index is 13.6. The van der Waals surface area contributed by atoms with E-state index < -0.39 is 0 Å². The summed E-state index contributed by atoms with van der Waals surface area (Å²) in [5.74, 6) is -0.252. The Morgan fingerprint density at radius 2 is 2.04 bits per heavy atom. The number of halogens is 1. The summed E-state index contributed by atoms with van der Waals surface area (Å²) in [6, 6.07) is 6.47. The Bertz CT molecular complexity index is 614. The molecule has 0 saturated heterocycles. The zero-order valence-electron chi connectivity index (χ0n) is 14.1. The Morgan fingerprint density at radius 3 is 2.57 bits per heavy atom. The van der Waals surface area contributed by atoms with Gasteiger partial charge in [0.05, 0.1) is 12.2 Å². The highest BCUT2D eigenvalue weighted by molar-refractivity contribution is 5.29. The van der Waals surface area contributed by atoms with Crippen molar-refractivity contribution in [2.45, 2.75) is 32.7 Å². The lowest BCUT2D eigenvalue weighted by molar-refractivity contribution is 0.111. The fraction of sp³-hybridized carbons (Fsp3) is 0.500. The highest BCUT2D eigenvalue weighted by Crippen LogP contribution is 2.28. The molecule has 0 aliphatic heterocycles. The molecule has 0 spiro atoms. The third-order valence-electron chi connectivity index (χ3n) is 4.76. The van der Waals surface area contributed by atoms with E-state index in [0.717, 1.165) is 24.0 Å². The van der Waals surface area contributed by atoms with Crippen LogP contribution >= 0.6 is 0 Å². The molecule has 0 fully saturated rings. The standard InChI is InChI=1S/C18H26FN3O/c1-4-18(5-2,13-23)12-20-17(15-10-21-22(3)11-15)14-7-6-8-16(19)9-14/h6-11,17,20,23H,4-5,12-13H2,1-3H3. The molecule has 0 bridgehead atoms. The molecule has 2 rings (SSSR count). The van der Waals surface area contributed by atoms with Crippen LogP contribution in [0.25, 0.3) is 0 Å². The number of hydrogen-bond acceptors (Lipinski definition) is 3. The largest absolute Gasteiger partial charge is 0.396 e. The van der Waals surface area contributed by atoms with Crippen molar-refractivity contribution in [3.63, 3.8) is 0 Å². The van der Waals surface area contributed by atoms with E-state index >= 15 is 0 Å². The zero-order valence-corrected chi connectivity index (χ0v) is 14.1. The summed E-state index contributed by atoms with van der Waals surface area (Å²) in [5, 5.41) is 17.5. The molecule has 1 aromatic carbocycles. The van der Waals surface area contributed by atoms with Crippen molar-refractivity contribution in [2.24, 2.45) is 12.5 Å². The number of aliphatic hydroxyl groups excluding tert-OH is 1. The molecule has 2 N–H and O–H groups in total. The van der Waals surface area contributed by atoms with Gasteiger partial charge in [0, 0.05) is 37.4 Å². The molecule has 126 valence electrons. The third-order valence-corrected chi connectivity index (χ3v) is 4.76. The van der Waals surface area contributed by atoms with Crippen molar-refractivity contribution in [1.29, 1.82) is 0 Å². The highest BCUT2D eigenvalue weighted by Gasteiger charge is 2.27. The van der Waals surface area contributed by atoms with Gasteiger partial charge in [-0.1, -0.05) is 26.0 Å². The first-order chi connectivity index (χ1) is 11.0. The third kappa shape index (κ3) is 4.18. The number of aliphatic hydroxyl groups is 1. The number of nitrogens with zero attached hydrogens (tertiary/aromatic N) is 2. The fourth-order valence-electron chi connectivity index (χ4n) is 2.80. The molecule has 1 heterocycles. The maximum Gasteiger partial charge on any atom is 0.123 e. The molecule has 5 heteroatoms. The van der Waals surface area contributed by atoms with E-state index in [9.17, 15) is 9.50 Å². The van der Waals surface area contributed by atoms with Crippen molar-refractivity contribution in [3.05, 3.63) is 53.6 Å². The minimum atomic E-state index is -0.252. The topological polar surface area (TPSA) is 50.1 Å².